The lowest BCUT2D eigenvalue weighted by atomic mass is 10.1. The van der Waals surface area contributed by atoms with Crippen molar-refractivity contribution in [3.05, 3.63) is 29.8 Å². The molecule has 0 aliphatic heterocycles. The van der Waals surface area contributed by atoms with Crippen LogP contribution < -0.4 is 10.6 Å². The first-order valence-electron chi connectivity index (χ1n) is 5.93. The van der Waals surface area contributed by atoms with Gasteiger partial charge in [0, 0.05) is 25.2 Å². The summed E-state index contributed by atoms with van der Waals surface area (Å²) in [4.78, 5) is 23.0. The topological polar surface area (TPSA) is 102 Å². The highest BCUT2D eigenvalue weighted by Crippen LogP contribution is 2.16. The minimum Gasteiger partial charge on any atom is -0.358 e. The van der Waals surface area contributed by atoms with Crippen molar-refractivity contribution in [2.24, 2.45) is 7.05 Å². The van der Waals surface area contributed by atoms with Crippen molar-refractivity contribution in [1.82, 2.24) is 30.8 Å². The average Bonchev–Trinajstić information content (AvgIpc) is 2.90. The third kappa shape index (κ3) is 2.97. The monoisotopic (exact) mass is 274 g/mol. The van der Waals surface area contributed by atoms with Gasteiger partial charge in [-0.05, 0) is 22.6 Å². The molecule has 2 amide bonds. The Kier molecular flexibility index (Phi) is 4.04. The smallest absolute Gasteiger partial charge is 0.251 e. The molecular formula is C12H14N6O2. The van der Waals surface area contributed by atoms with E-state index in [2.05, 4.69) is 26.2 Å². The number of nitrogens with zero attached hydrogens (tertiary/aromatic N) is 4. The molecule has 8 heteroatoms. The van der Waals surface area contributed by atoms with Crippen molar-refractivity contribution < 1.29 is 9.59 Å². The van der Waals surface area contributed by atoms with Gasteiger partial charge in [0.05, 0.1) is 6.54 Å². The fourth-order valence-corrected chi connectivity index (χ4v) is 1.62. The van der Waals surface area contributed by atoms with Gasteiger partial charge in [0.15, 0.2) is 5.82 Å². The normalized spacial score (nSPS) is 10.1. The highest BCUT2D eigenvalue weighted by molar-refractivity contribution is 5.97. The van der Waals surface area contributed by atoms with Gasteiger partial charge in [-0.3, -0.25) is 9.59 Å². The third-order valence-electron chi connectivity index (χ3n) is 2.69. The van der Waals surface area contributed by atoms with Gasteiger partial charge in [-0.2, -0.15) is 0 Å². The Labute approximate surface area is 115 Å². The Balaban J connectivity index is 2.16. The molecule has 0 aliphatic carbocycles. The quantitative estimate of drug-likeness (QED) is 0.771. The Hall–Kier alpha value is -2.77. The second-order valence-corrected chi connectivity index (χ2v) is 4.06. The zero-order valence-corrected chi connectivity index (χ0v) is 11.1. The molecule has 2 N–H and O–H groups in total. The number of aromatic nitrogens is 4. The van der Waals surface area contributed by atoms with Gasteiger partial charge in [-0.25, -0.2) is 4.68 Å². The maximum absolute atomic E-state index is 11.9. The summed E-state index contributed by atoms with van der Waals surface area (Å²) in [6.07, 6.45) is 0. The van der Waals surface area contributed by atoms with Crippen LogP contribution in [0.3, 0.4) is 0 Å². The van der Waals surface area contributed by atoms with Crippen LogP contribution in [0, 0.1) is 0 Å². The van der Waals surface area contributed by atoms with Crippen molar-refractivity contribution in [2.75, 3.05) is 13.6 Å². The largest absolute Gasteiger partial charge is 0.358 e. The van der Waals surface area contributed by atoms with E-state index < -0.39 is 0 Å². The van der Waals surface area contributed by atoms with Crippen LogP contribution in [0.2, 0.25) is 0 Å². The first-order chi connectivity index (χ1) is 9.61. The first kappa shape index (κ1) is 13.7. The second kappa shape index (κ2) is 5.91. The molecule has 8 nitrogen and oxygen atoms in total. The van der Waals surface area contributed by atoms with E-state index in [-0.39, 0.29) is 18.4 Å². The van der Waals surface area contributed by atoms with Crippen molar-refractivity contribution in [3.63, 3.8) is 0 Å². The van der Waals surface area contributed by atoms with Crippen molar-refractivity contribution >= 4 is 11.8 Å². The summed E-state index contributed by atoms with van der Waals surface area (Å²) < 4.78 is 1.52. The molecule has 1 heterocycles. The van der Waals surface area contributed by atoms with Crippen LogP contribution in [0.25, 0.3) is 11.4 Å². The minimum absolute atomic E-state index is 0.0644. The number of carbonyl (C=O) groups excluding carboxylic acids is 2. The summed E-state index contributed by atoms with van der Waals surface area (Å²) in [7, 11) is 3.23. The van der Waals surface area contributed by atoms with Crippen LogP contribution in [0.1, 0.15) is 10.4 Å². The molecule has 0 fully saturated rings. The van der Waals surface area contributed by atoms with Gasteiger partial charge in [0.25, 0.3) is 5.91 Å². The molecule has 0 spiro atoms. The SMILES string of the molecule is CNC(=O)CNC(=O)c1cccc(-c2nnnn2C)c1. The number of hydrogen-bond acceptors (Lipinski definition) is 5. The predicted octanol–water partition coefficient (Wildman–Crippen LogP) is -0.647. The molecule has 1 aromatic carbocycles. The lowest BCUT2D eigenvalue weighted by molar-refractivity contribution is -0.119. The Morgan fingerprint density at radius 1 is 1.35 bits per heavy atom. The fourth-order valence-electron chi connectivity index (χ4n) is 1.62. The standard InChI is InChI=1S/C12H14N6O2/c1-13-10(19)7-14-12(20)9-5-3-4-8(6-9)11-15-16-17-18(11)2/h3-6H,7H2,1-2H3,(H,13,19)(H,14,20). The Bertz CT molecular complexity index is 636. The van der Waals surface area contributed by atoms with E-state index >= 15 is 0 Å². The number of nitrogens with one attached hydrogen (secondary N) is 2. The highest BCUT2D eigenvalue weighted by Gasteiger charge is 2.11. The molecule has 0 saturated heterocycles. The summed E-state index contributed by atoms with van der Waals surface area (Å²) in [6, 6.07) is 6.87. The number of likely N-dealkylation sites (N-methyl/N-ethyl adjacent to an activating group) is 1. The van der Waals surface area contributed by atoms with Gasteiger partial charge in [-0.15, -0.1) is 5.10 Å². The molecular weight excluding hydrogens is 260 g/mol. The molecule has 0 aliphatic rings. The van der Waals surface area contributed by atoms with Gasteiger partial charge >= 0.3 is 0 Å². The number of tetrazole rings is 1. The maximum atomic E-state index is 11.9. The predicted molar refractivity (Wildman–Crippen MR) is 70.6 cm³/mol. The molecule has 0 atom stereocenters. The summed E-state index contributed by atoms with van der Waals surface area (Å²) >= 11 is 0. The van der Waals surface area contributed by atoms with E-state index in [1.807, 2.05) is 0 Å². The van der Waals surface area contributed by atoms with Gasteiger partial charge in [-0.1, -0.05) is 12.1 Å². The van der Waals surface area contributed by atoms with Gasteiger partial charge in [0.1, 0.15) is 0 Å². The average molecular weight is 274 g/mol. The Morgan fingerprint density at radius 2 is 2.15 bits per heavy atom. The number of carbonyl (C=O) groups is 2. The van der Waals surface area contributed by atoms with E-state index in [0.29, 0.717) is 11.4 Å². The van der Waals surface area contributed by atoms with Crippen molar-refractivity contribution in [1.29, 1.82) is 0 Å². The molecule has 2 aromatic rings. The molecule has 1 aromatic heterocycles. The third-order valence-corrected chi connectivity index (χ3v) is 2.69. The highest BCUT2D eigenvalue weighted by atomic mass is 16.2. The van der Waals surface area contributed by atoms with Crippen LogP contribution in [-0.2, 0) is 11.8 Å². The zero-order chi connectivity index (χ0) is 14.5. The molecule has 0 saturated carbocycles. The van der Waals surface area contributed by atoms with Gasteiger partial charge < -0.3 is 10.6 Å². The molecule has 0 unspecified atom stereocenters. The van der Waals surface area contributed by atoms with E-state index in [1.165, 1.54) is 11.7 Å². The zero-order valence-electron chi connectivity index (χ0n) is 11.1. The Morgan fingerprint density at radius 3 is 2.80 bits per heavy atom. The van der Waals surface area contributed by atoms with Crippen LogP contribution in [0.4, 0.5) is 0 Å². The molecule has 20 heavy (non-hydrogen) atoms. The van der Waals surface area contributed by atoms with E-state index in [4.69, 9.17) is 0 Å². The molecule has 104 valence electrons. The summed E-state index contributed by atoms with van der Waals surface area (Å²) in [5.41, 5.74) is 1.17. The summed E-state index contributed by atoms with van der Waals surface area (Å²) in [5.74, 6) is -0.0245. The first-order valence-corrected chi connectivity index (χ1v) is 5.93. The van der Waals surface area contributed by atoms with Crippen LogP contribution in [0.5, 0.6) is 0 Å². The van der Waals surface area contributed by atoms with Crippen molar-refractivity contribution in [2.45, 2.75) is 0 Å². The minimum atomic E-state index is -0.328. The maximum Gasteiger partial charge on any atom is 0.251 e. The number of rotatable bonds is 4. The lowest BCUT2D eigenvalue weighted by Gasteiger charge is -2.05. The molecule has 2 rings (SSSR count). The number of aryl methyl sites for hydroxylation is 1. The van der Waals surface area contributed by atoms with Crippen LogP contribution in [-0.4, -0.2) is 45.6 Å². The number of benzene rings is 1. The number of hydrogen-bond donors (Lipinski definition) is 2. The van der Waals surface area contributed by atoms with Crippen LogP contribution in [0.15, 0.2) is 24.3 Å². The number of amides is 2. The van der Waals surface area contributed by atoms with Crippen LogP contribution >= 0.6 is 0 Å². The van der Waals surface area contributed by atoms with Crippen molar-refractivity contribution in [3.8, 4) is 11.4 Å². The fraction of sp³-hybridized carbons (Fsp3) is 0.250. The van der Waals surface area contributed by atoms with E-state index in [9.17, 15) is 9.59 Å². The summed E-state index contributed by atoms with van der Waals surface area (Å²) in [6.45, 7) is -0.0644. The molecule has 0 radical (unpaired) electrons. The lowest BCUT2D eigenvalue weighted by Crippen LogP contribution is -2.35. The van der Waals surface area contributed by atoms with Gasteiger partial charge in [0.2, 0.25) is 5.91 Å². The van der Waals surface area contributed by atoms with E-state index in [1.54, 1.807) is 31.3 Å². The summed E-state index contributed by atoms with van der Waals surface area (Å²) in [5, 5.41) is 16.1. The van der Waals surface area contributed by atoms with E-state index in [0.717, 1.165) is 5.56 Å². The second-order valence-electron chi connectivity index (χ2n) is 4.06. The molecule has 0 bridgehead atoms.